The van der Waals surface area contributed by atoms with Crippen LogP contribution >= 0.6 is 0 Å². The molecule has 0 aliphatic carbocycles. The molecule has 7 heteroatoms. The molecule has 0 saturated heterocycles. The summed E-state index contributed by atoms with van der Waals surface area (Å²) in [4.78, 5) is 8.33. The Morgan fingerprint density at radius 2 is 2.10 bits per heavy atom. The molecule has 1 heterocycles. The largest absolute Gasteiger partial charge is 0.438 e. The van der Waals surface area contributed by atoms with Gasteiger partial charge in [0, 0.05) is 18.7 Å². The quantitative estimate of drug-likeness (QED) is 0.538. The summed E-state index contributed by atoms with van der Waals surface area (Å²) in [5, 5.41) is 9.27. The number of hydrazine groups is 1. The van der Waals surface area contributed by atoms with Crippen molar-refractivity contribution in [1.82, 2.24) is 9.97 Å². The predicted octanol–water partition coefficient (Wildman–Crippen LogP) is 1.19. The number of aromatic nitrogens is 2. The fraction of sp³-hybridized carbons (Fsp3) is 0.231. The minimum Gasteiger partial charge on any atom is -0.438 e. The smallest absolute Gasteiger partial charge is 0.224 e. The summed E-state index contributed by atoms with van der Waals surface area (Å²) >= 11 is 0. The minimum atomic E-state index is -0.117. The van der Waals surface area contributed by atoms with E-state index in [0.717, 1.165) is 0 Å². The van der Waals surface area contributed by atoms with E-state index in [9.17, 15) is 5.11 Å². The Balaban J connectivity index is 2.30. The molecule has 0 unspecified atom stereocenters. The second-order valence-electron chi connectivity index (χ2n) is 3.95. The van der Waals surface area contributed by atoms with Crippen molar-refractivity contribution in [2.45, 2.75) is 13.2 Å². The van der Waals surface area contributed by atoms with Crippen LogP contribution in [0, 0.1) is 0 Å². The van der Waals surface area contributed by atoms with Crippen LogP contribution in [0.3, 0.4) is 0 Å². The van der Waals surface area contributed by atoms with E-state index in [1.807, 2.05) is 12.1 Å². The molecule has 0 aliphatic rings. The van der Waals surface area contributed by atoms with Gasteiger partial charge in [0.1, 0.15) is 18.2 Å². The normalized spacial score (nSPS) is 10.3. The van der Waals surface area contributed by atoms with Crippen LogP contribution < -0.4 is 16.0 Å². The van der Waals surface area contributed by atoms with Crippen molar-refractivity contribution < 1.29 is 14.6 Å². The topological polar surface area (TPSA) is 103 Å². The Bertz CT molecular complexity index is 577. The number of hydrogen-bond acceptors (Lipinski definition) is 7. The second-order valence-corrected chi connectivity index (χ2v) is 3.95. The van der Waals surface area contributed by atoms with Gasteiger partial charge in [-0.25, -0.2) is 10.8 Å². The summed E-state index contributed by atoms with van der Waals surface area (Å²) in [6, 6.07) is 8.72. The molecule has 0 atom stereocenters. The molecule has 0 saturated carbocycles. The summed E-state index contributed by atoms with van der Waals surface area (Å²) < 4.78 is 10.7. The number of nitrogens with zero attached hydrogens (tertiary/aromatic N) is 2. The van der Waals surface area contributed by atoms with Crippen molar-refractivity contribution in [3.05, 3.63) is 41.7 Å². The van der Waals surface area contributed by atoms with Gasteiger partial charge in [-0.3, -0.25) is 0 Å². The zero-order chi connectivity index (χ0) is 14.4. The molecule has 0 aliphatic heterocycles. The monoisotopic (exact) mass is 276 g/mol. The first-order valence-electron chi connectivity index (χ1n) is 5.97. The fourth-order valence-corrected chi connectivity index (χ4v) is 1.64. The van der Waals surface area contributed by atoms with E-state index >= 15 is 0 Å². The minimum absolute atomic E-state index is 0.117. The van der Waals surface area contributed by atoms with E-state index in [2.05, 4.69) is 15.4 Å². The average molecular weight is 276 g/mol. The molecule has 0 bridgehead atoms. The Hall–Kier alpha value is -2.22. The predicted molar refractivity (Wildman–Crippen MR) is 73.0 cm³/mol. The number of nitrogens with one attached hydrogen (secondary N) is 1. The highest BCUT2D eigenvalue weighted by molar-refractivity contribution is 5.40. The molecule has 1 aromatic heterocycles. The fourth-order valence-electron chi connectivity index (χ4n) is 1.64. The number of nitrogen functional groups attached to an aromatic ring is 1. The van der Waals surface area contributed by atoms with Gasteiger partial charge >= 0.3 is 0 Å². The van der Waals surface area contributed by atoms with Crippen molar-refractivity contribution >= 4 is 5.82 Å². The van der Waals surface area contributed by atoms with Gasteiger partial charge in [-0.15, -0.1) is 0 Å². The first-order chi connectivity index (χ1) is 9.76. The lowest BCUT2D eigenvalue weighted by Crippen LogP contribution is -2.11. The van der Waals surface area contributed by atoms with Crippen LogP contribution in [0.4, 0.5) is 5.82 Å². The third-order valence-electron chi connectivity index (χ3n) is 2.53. The Morgan fingerprint density at radius 3 is 2.80 bits per heavy atom. The SMILES string of the molecule is COCc1nc(NN)cc(Oc2ccccc2CO)n1. The molecule has 20 heavy (non-hydrogen) atoms. The highest BCUT2D eigenvalue weighted by Gasteiger charge is 2.08. The number of para-hydroxylation sites is 1. The Labute approximate surface area is 116 Å². The number of nitrogens with two attached hydrogens (primary N) is 1. The number of benzene rings is 1. The highest BCUT2D eigenvalue weighted by atomic mass is 16.5. The van der Waals surface area contributed by atoms with Crippen molar-refractivity contribution in [3.63, 3.8) is 0 Å². The summed E-state index contributed by atoms with van der Waals surface area (Å²) in [5.41, 5.74) is 3.11. The third-order valence-corrected chi connectivity index (χ3v) is 2.53. The third kappa shape index (κ3) is 3.41. The lowest BCUT2D eigenvalue weighted by Gasteiger charge is -2.10. The summed E-state index contributed by atoms with van der Waals surface area (Å²) in [7, 11) is 1.55. The van der Waals surface area contributed by atoms with E-state index in [4.69, 9.17) is 15.3 Å². The summed E-state index contributed by atoms with van der Waals surface area (Å²) in [6.45, 7) is 0.127. The van der Waals surface area contributed by atoms with Gasteiger partial charge in [-0.05, 0) is 6.07 Å². The number of anilines is 1. The standard InChI is InChI=1S/C13H16N4O3/c1-19-8-12-15-11(17-14)6-13(16-12)20-10-5-3-2-4-9(10)7-18/h2-6,18H,7-8,14H2,1H3,(H,15,16,17). The summed E-state index contributed by atoms with van der Waals surface area (Å²) in [6.07, 6.45) is 0. The average Bonchev–Trinajstić information content (AvgIpc) is 2.48. The highest BCUT2D eigenvalue weighted by Crippen LogP contribution is 2.25. The maximum absolute atomic E-state index is 9.27. The van der Waals surface area contributed by atoms with Gasteiger partial charge in [0.05, 0.1) is 6.61 Å². The Morgan fingerprint density at radius 1 is 1.30 bits per heavy atom. The maximum atomic E-state index is 9.27. The van der Waals surface area contributed by atoms with Crippen molar-refractivity contribution in [1.29, 1.82) is 0 Å². The zero-order valence-corrected chi connectivity index (χ0v) is 11.0. The van der Waals surface area contributed by atoms with Crippen molar-refractivity contribution in [3.8, 4) is 11.6 Å². The van der Waals surface area contributed by atoms with E-state index in [-0.39, 0.29) is 13.2 Å². The number of aliphatic hydroxyl groups is 1. The lowest BCUT2D eigenvalue weighted by atomic mass is 10.2. The van der Waals surface area contributed by atoms with E-state index in [0.29, 0.717) is 28.8 Å². The molecule has 0 radical (unpaired) electrons. The molecule has 4 N–H and O–H groups in total. The molecule has 1 aromatic carbocycles. The molecule has 0 amide bonds. The van der Waals surface area contributed by atoms with Crippen LogP contribution in [0.2, 0.25) is 0 Å². The number of hydrogen-bond donors (Lipinski definition) is 3. The molecule has 2 rings (SSSR count). The van der Waals surface area contributed by atoms with Crippen molar-refractivity contribution in [2.24, 2.45) is 5.84 Å². The van der Waals surface area contributed by atoms with Crippen LogP contribution in [0.25, 0.3) is 0 Å². The van der Waals surface area contributed by atoms with Gasteiger partial charge in [0.2, 0.25) is 5.88 Å². The second kappa shape index (κ2) is 6.80. The first-order valence-corrected chi connectivity index (χ1v) is 5.97. The number of methoxy groups -OCH3 is 1. The lowest BCUT2D eigenvalue weighted by molar-refractivity contribution is 0.177. The van der Waals surface area contributed by atoms with Crippen LogP contribution in [0.15, 0.2) is 30.3 Å². The molecule has 106 valence electrons. The van der Waals surface area contributed by atoms with E-state index < -0.39 is 0 Å². The maximum Gasteiger partial charge on any atom is 0.224 e. The van der Waals surface area contributed by atoms with Gasteiger partial charge in [-0.2, -0.15) is 4.98 Å². The van der Waals surface area contributed by atoms with Crippen LogP contribution in [0.1, 0.15) is 11.4 Å². The van der Waals surface area contributed by atoms with Gasteiger partial charge in [0.15, 0.2) is 5.82 Å². The van der Waals surface area contributed by atoms with E-state index in [1.165, 1.54) is 0 Å². The van der Waals surface area contributed by atoms with Crippen LogP contribution in [0.5, 0.6) is 11.6 Å². The molecule has 0 spiro atoms. The van der Waals surface area contributed by atoms with Crippen LogP contribution in [-0.4, -0.2) is 22.2 Å². The summed E-state index contributed by atoms with van der Waals surface area (Å²) in [5.74, 6) is 7.07. The molecule has 0 fully saturated rings. The van der Waals surface area contributed by atoms with Gasteiger partial charge in [-0.1, -0.05) is 18.2 Å². The number of aliphatic hydroxyl groups excluding tert-OH is 1. The van der Waals surface area contributed by atoms with E-state index in [1.54, 1.807) is 25.3 Å². The van der Waals surface area contributed by atoms with Gasteiger partial charge in [0.25, 0.3) is 0 Å². The first kappa shape index (κ1) is 14.2. The molecule has 7 nitrogen and oxygen atoms in total. The zero-order valence-electron chi connectivity index (χ0n) is 11.0. The number of ether oxygens (including phenoxy) is 2. The molecule has 2 aromatic rings. The van der Waals surface area contributed by atoms with Crippen LogP contribution in [-0.2, 0) is 18.0 Å². The molecular formula is C13H16N4O3. The number of rotatable bonds is 6. The van der Waals surface area contributed by atoms with Gasteiger partial charge < -0.3 is 20.0 Å². The molecular weight excluding hydrogens is 260 g/mol. The Kier molecular flexibility index (Phi) is 4.83. The van der Waals surface area contributed by atoms with Crippen molar-refractivity contribution in [2.75, 3.05) is 12.5 Å².